The third-order valence-corrected chi connectivity index (χ3v) is 4.87. The minimum absolute atomic E-state index is 0.130. The van der Waals surface area contributed by atoms with E-state index in [0.717, 1.165) is 37.7 Å². The number of rotatable bonds is 6. The fourth-order valence-corrected chi connectivity index (χ4v) is 3.02. The second-order valence-corrected chi connectivity index (χ2v) is 7.34. The topological polar surface area (TPSA) is 145 Å². The Bertz CT molecular complexity index is 1030. The number of para-hydroxylation sites is 4. The van der Waals surface area contributed by atoms with Gasteiger partial charge in [0.25, 0.3) is 11.4 Å². The van der Waals surface area contributed by atoms with E-state index >= 15 is 0 Å². The zero-order valence-electron chi connectivity index (χ0n) is 17.3. The lowest BCUT2D eigenvalue weighted by Crippen LogP contribution is -2.39. The Kier molecular flexibility index (Phi) is 6.98. The number of nitro groups is 2. The summed E-state index contributed by atoms with van der Waals surface area (Å²) in [4.78, 5) is 45.1. The lowest BCUT2D eigenvalue weighted by molar-refractivity contribution is -0.384. The van der Waals surface area contributed by atoms with Crippen LogP contribution in [0.2, 0.25) is 0 Å². The van der Waals surface area contributed by atoms with Crippen LogP contribution in [0.5, 0.6) is 0 Å². The molecule has 2 aromatic carbocycles. The molecule has 2 aliphatic rings. The molecular weight excluding hydrogens is 420 g/mol. The molecule has 0 bridgehead atoms. The van der Waals surface area contributed by atoms with Crippen molar-refractivity contribution in [3.05, 3.63) is 68.8 Å². The summed E-state index contributed by atoms with van der Waals surface area (Å²) in [6, 6.07) is 12.9. The largest absolute Gasteiger partial charge is 0.462 e. The molecule has 0 aliphatic heterocycles. The van der Waals surface area contributed by atoms with Crippen LogP contribution in [-0.4, -0.2) is 40.9 Å². The lowest BCUT2D eigenvalue weighted by Gasteiger charge is -2.20. The number of nitro benzene ring substituents is 2. The van der Waals surface area contributed by atoms with Gasteiger partial charge in [-0.2, -0.15) is 0 Å². The first-order valence-electron chi connectivity index (χ1n) is 9.98. The minimum Gasteiger partial charge on any atom is -0.462 e. The molecule has 32 heavy (non-hydrogen) atoms. The first-order valence-corrected chi connectivity index (χ1v) is 9.98. The smallest absolute Gasteiger partial charge is 0.397 e. The zero-order valence-corrected chi connectivity index (χ0v) is 17.3. The fourth-order valence-electron chi connectivity index (χ4n) is 3.02. The summed E-state index contributed by atoms with van der Waals surface area (Å²) in [5.41, 5.74) is 0.724. The second-order valence-electron chi connectivity index (χ2n) is 7.34. The van der Waals surface area contributed by atoms with Gasteiger partial charge in [-0.3, -0.25) is 29.9 Å². The van der Waals surface area contributed by atoms with Gasteiger partial charge in [0.05, 0.1) is 17.0 Å². The van der Waals surface area contributed by atoms with Crippen molar-refractivity contribution in [1.82, 2.24) is 0 Å². The summed E-state index contributed by atoms with van der Waals surface area (Å²) in [5, 5.41) is 24.7. The molecule has 11 heteroatoms. The predicted molar refractivity (Wildman–Crippen MR) is 115 cm³/mol. The highest BCUT2D eigenvalue weighted by Crippen LogP contribution is 2.37. The number of nitrogens with one attached hydrogen (secondary N) is 1. The molecule has 11 nitrogen and oxygen atoms in total. The van der Waals surface area contributed by atoms with E-state index in [9.17, 15) is 29.8 Å². The number of methoxy groups -OCH3 is 1. The van der Waals surface area contributed by atoms with Gasteiger partial charge >= 0.3 is 11.9 Å². The van der Waals surface area contributed by atoms with Crippen LogP contribution in [0.3, 0.4) is 0 Å². The maximum Gasteiger partial charge on any atom is 0.397 e. The Morgan fingerprint density at radius 1 is 0.938 bits per heavy atom. The van der Waals surface area contributed by atoms with Gasteiger partial charge in [0.2, 0.25) is 0 Å². The van der Waals surface area contributed by atoms with Gasteiger partial charge in [-0.25, -0.2) is 4.79 Å². The molecule has 1 amide bonds. The van der Waals surface area contributed by atoms with Crippen molar-refractivity contribution in [2.45, 2.75) is 37.8 Å². The highest BCUT2D eigenvalue weighted by molar-refractivity contribution is 6.38. The Hall–Kier alpha value is -4.02. The summed E-state index contributed by atoms with van der Waals surface area (Å²) >= 11 is 0. The number of amides is 1. The Morgan fingerprint density at radius 3 is 2.03 bits per heavy atom. The number of benzene rings is 2. The maximum atomic E-state index is 12.0. The molecule has 2 saturated carbocycles. The van der Waals surface area contributed by atoms with E-state index in [0.29, 0.717) is 11.7 Å². The molecule has 0 unspecified atom stereocenters. The minimum atomic E-state index is -1.02. The molecule has 0 saturated heterocycles. The average Bonchev–Trinajstić information content (AvgIpc) is 3.70. The van der Waals surface area contributed by atoms with Crippen molar-refractivity contribution < 1.29 is 24.2 Å². The highest BCUT2D eigenvalue weighted by atomic mass is 16.6. The summed E-state index contributed by atoms with van der Waals surface area (Å²) in [6.07, 6.45) is 3.67. The maximum absolute atomic E-state index is 12.0. The predicted octanol–water partition coefficient (Wildman–Crippen LogP) is 3.43. The molecule has 1 N–H and O–H groups in total. The lowest BCUT2D eigenvalue weighted by atomic mass is 10.2. The first-order chi connectivity index (χ1) is 15.3. The Morgan fingerprint density at radius 2 is 1.50 bits per heavy atom. The number of ether oxygens (including phenoxy) is 1. The van der Waals surface area contributed by atoms with E-state index in [1.807, 2.05) is 0 Å². The first kappa shape index (κ1) is 22.7. The molecule has 2 aromatic rings. The number of carbonyl (C=O) groups excluding carboxylic acids is 2. The van der Waals surface area contributed by atoms with Crippen molar-refractivity contribution in [2.24, 2.45) is 0 Å². The van der Waals surface area contributed by atoms with Crippen LogP contribution in [-0.2, 0) is 14.3 Å². The average molecular weight is 442 g/mol. The van der Waals surface area contributed by atoms with Gasteiger partial charge in [-0.05, 0) is 37.8 Å². The summed E-state index contributed by atoms with van der Waals surface area (Å²) in [6.45, 7) is 0. The zero-order chi connectivity index (χ0) is 23.3. The normalized spacial score (nSPS) is 14.4. The second kappa shape index (κ2) is 9.86. The third kappa shape index (κ3) is 5.56. The monoisotopic (exact) mass is 442 g/mol. The number of nitrogens with zero attached hydrogens (tertiary/aromatic N) is 3. The van der Waals surface area contributed by atoms with E-state index in [1.54, 1.807) is 24.3 Å². The number of esters is 1. The van der Waals surface area contributed by atoms with Crippen molar-refractivity contribution in [3.63, 3.8) is 0 Å². The number of hydrogen-bond donors (Lipinski definition) is 1. The highest BCUT2D eigenvalue weighted by Gasteiger charge is 2.40. The van der Waals surface area contributed by atoms with Crippen molar-refractivity contribution in [3.8, 4) is 0 Å². The van der Waals surface area contributed by atoms with Gasteiger partial charge in [-0.15, -0.1) is 0 Å². The molecule has 168 valence electrons. The van der Waals surface area contributed by atoms with Crippen molar-refractivity contribution >= 4 is 34.6 Å². The third-order valence-electron chi connectivity index (χ3n) is 4.87. The van der Waals surface area contributed by atoms with Crippen LogP contribution < -0.4 is 10.2 Å². The standard InChI is InChI=1S/C12H12N2O5.C9H10N2O2/c1-19-12(16)11(15)13(8-6-7-8)9-4-2-3-5-10(9)14(17)18;12-11(13)9-4-2-1-3-8(9)10-7-5-6-7/h2-5,8H,6-7H2,1H3;1-4,7,10H,5-6H2. The van der Waals surface area contributed by atoms with Crippen molar-refractivity contribution in [1.29, 1.82) is 0 Å². The van der Waals surface area contributed by atoms with Crippen LogP contribution in [0.15, 0.2) is 48.5 Å². The van der Waals surface area contributed by atoms with Crippen LogP contribution in [0.4, 0.5) is 22.7 Å². The molecule has 0 heterocycles. The number of anilines is 2. The Labute approximate surface area is 183 Å². The quantitative estimate of drug-likeness (QED) is 0.310. The number of hydrogen-bond acceptors (Lipinski definition) is 8. The molecule has 4 rings (SSSR count). The molecule has 2 aliphatic carbocycles. The van der Waals surface area contributed by atoms with Crippen LogP contribution in [0.25, 0.3) is 0 Å². The van der Waals surface area contributed by atoms with E-state index in [2.05, 4.69) is 10.1 Å². The molecule has 0 atom stereocenters. The molecular formula is C21H22N4O7. The van der Waals surface area contributed by atoms with Crippen molar-refractivity contribution in [2.75, 3.05) is 17.3 Å². The number of carbonyl (C=O) groups is 2. The molecule has 0 radical (unpaired) electrons. The Balaban J connectivity index is 0.000000193. The van der Waals surface area contributed by atoms with Crippen LogP contribution in [0.1, 0.15) is 25.7 Å². The van der Waals surface area contributed by atoms with Crippen LogP contribution >= 0.6 is 0 Å². The van der Waals surface area contributed by atoms with E-state index in [4.69, 9.17) is 0 Å². The van der Waals surface area contributed by atoms with E-state index in [-0.39, 0.29) is 28.0 Å². The van der Waals surface area contributed by atoms with E-state index < -0.39 is 16.8 Å². The summed E-state index contributed by atoms with van der Waals surface area (Å²) in [5.74, 6) is -1.90. The summed E-state index contributed by atoms with van der Waals surface area (Å²) in [7, 11) is 1.10. The van der Waals surface area contributed by atoms with Crippen LogP contribution in [0, 0.1) is 20.2 Å². The van der Waals surface area contributed by atoms with Gasteiger partial charge < -0.3 is 10.1 Å². The van der Waals surface area contributed by atoms with Gasteiger partial charge in [0.15, 0.2) is 0 Å². The van der Waals surface area contributed by atoms with Gasteiger partial charge in [0.1, 0.15) is 11.4 Å². The summed E-state index contributed by atoms with van der Waals surface area (Å²) < 4.78 is 4.39. The van der Waals surface area contributed by atoms with Gasteiger partial charge in [0, 0.05) is 24.2 Å². The van der Waals surface area contributed by atoms with Gasteiger partial charge in [-0.1, -0.05) is 24.3 Å². The SMILES string of the molecule is COC(=O)C(=O)N(c1ccccc1[N+](=O)[O-])C1CC1.O=[N+]([O-])c1ccccc1NC1CC1. The molecule has 0 aromatic heterocycles. The molecule has 0 spiro atoms. The van der Waals surface area contributed by atoms with E-state index in [1.165, 1.54) is 24.3 Å². The fraction of sp³-hybridized carbons (Fsp3) is 0.333. The molecule has 2 fully saturated rings.